The van der Waals surface area contributed by atoms with Gasteiger partial charge in [0, 0.05) is 36.4 Å². The molecule has 0 amide bonds. The summed E-state index contributed by atoms with van der Waals surface area (Å²) in [6.45, 7) is 2.06. The predicted octanol–water partition coefficient (Wildman–Crippen LogP) is 4.16. The van der Waals surface area contributed by atoms with E-state index in [1.165, 1.54) is 0 Å². The van der Waals surface area contributed by atoms with Gasteiger partial charge in [-0.05, 0) is 35.6 Å². The van der Waals surface area contributed by atoms with Crippen LogP contribution in [0.25, 0.3) is 22.0 Å². The Bertz CT molecular complexity index is 915. The smallest absolute Gasteiger partial charge is 0.307 e. The van der Waals surface area contributed by atoms with Gasteiger partial charge in [0.15, 0.2) is 0 Å². The predicted molar refractivity (Wildman–Crippen MR) is 102 cm³/mol. The lowest BCUT2D eigenvalue weighted by Gasteiger charge is -2.14. The molecule has 1 heterocycles. The molecule has 0 fully saturated rings. The van der Waals surface area contributed by atoms with Crippen molar-refractivity contribution in [1.29, 1.82) is 0 Å². The van der Waals surface area contributed by atoms with Crippen molar-refractivity contribution in [3.63, 3.8) is 0 Å². The SMILES string of the molecule is CCc1cc2c(CC(=O)O)cccc2c(-c2ccc(N(C)C)cc2)n1. The molecule has 0 aliphatic carbocycles. The van der Waals surface area contributed by atoms with Gasteiger partial charge in [-0.3, -0.25) is 9.78 Å². The first kappa shape index (κ1) is 17.0. The summed E-state index contributed by atoms with van der Waals surface area (Å²) in [7, 11) is 4.02. The van der Waals surface area contributed by atoms with Crippen molar-refractivity contribution in [1.82, 2.24) is 4.98 Å². The Morgan fingerprint density at radius 1 is 1.08 bits per heavy atom. The van der Waals surface area contributed by atoms with Gasteiger partial charge in [-0.25, -0.2) is 0 Å². The number of carbonyl (C=O) groups is 1. The van der Waals surface area contributed by atoms with Crippen LogP contribution in [0.1, 0.15) is 18.2 Å². The minimum atomic E-state index is -0.820. The normalized spacial score (nSPS) is 10.8. The number of pyridine rings is 1. The molecule has 3 rings (SSSR count). The summed E-state index contributed by atoms with van der Waals surface area (Å²) in [4.78, 5) is 18.1. The number of aliphatic carboxylic acids is 1. The molecule has 1 N–H and O–H groups in total. The topological polar surface area (TPSA) is 53.4 Å². The molecule has 1 aromatic heterocycles. The maximum absolute atomic E-state index is 11.2. The molecule has 0 aliphatic rings. The van der Waals surface area contributed by atoms with Crippen molar-refractivity contribution in [2.75, 3.05) is 19.0 Å². The average Bonchev–Trinajstić information content (AvgIpc) is 2.61. The minimum absolute atomic E-state index is 0.0174. The molecule has 25 heavy (non-hydrogen) atoms. The maximum atomic E-state index is 11.2. The van der Waals surface area contributed by atoms with E-state index in [-0.39, 0.29) is 6.42 Å². The van der Waals surface area contributed by atoms with Gasteiger partial charge in [0.25, 0.3) is 0 Å². The van der Waals surface area contributed by atoms with Crippen LogP contribution in [0.5, 0.6) is 0 Å². The average molecular weight is 334 g/mol. The number of anilines is 1. The lowest BCUT2D eigenvalue weighted by atomic mass is 9.97. The Kier molecular flexibility index (Phi) is 4.70. The summed E-state index contributed by atoms with van der Waals surface area (Å²) in [6.07, 6.45) is 0.823. The van der Waals surface area contributed by atoms with E-state index in [1.54, 1.807) is 0 Å². The van der Waals surface area contributed by atoms with Crippen LogP contribution in [0.2, 0.25) is 0 Å². The summed E-state index contributed by atoms with van der Waals surface area (Å²) in [5.41, 5.74) is 4.88. The Morgan fingerprint density at radius 3 is 2.40 bits per heavy atom. The van der Waals surface area contributed by atoms with E-state index in [0.717, 1.165) is 45.4 Å². The van der Waals surface area contributed by atoms with E-state index in [9.17, 15) is 9.90 Å². The Labute approximate surface area is 147 Å². The molecule has 4 nitrogen and oxygen atoms in total. The highest BCUT2D eigenvalue weighted by Crippen LogP contribution is 2.31. The molecular weight excluding hydrogens is 312 g/mol. The summed E-state index contributed by atoms with van der Waals surface area (Å²) < 4.78 is 0. The minimum Gasteiger partial charge on any atom is -0.481 e. The van der Waals surface area contributed by atoms with Crippen LogP contribution < -0.4 is 4.90 Å². The molecule has 0 spiro atoms. The first-order valence-corrected chi connectivity index (χ1v) is 8.40. The number of aryl methyl sites for hydroxylation is 1. The number of aromatic nitrogens is 1. The molecule has 0 saturated heterocycles. The number of hydrogen-bond acceptors (Lipinski definition) is 3. The second kappa shape index (κ2) is 6.93. The molecule has 0 radical (unpaired) electrons. The van der Waals surface area contributed by atoms with E-state index in [0.29, 0.717) is 0 Å². The number of nitrogens with zero attached hydrogens (tertiary/aromatic N) is 2. The van der Waals surface area contributed by atoms with Crippen molar-refractivity contribution in [2.24, 2.45) is 0 Å². The second-order valence-electron chi connectivity index (χ2n) is 6.34. The highest BCUT2D eigenvalue weighted by atomic mass is 16.4. The molecule has 0 atom stereocenters. The molecule has 3 aromatic rings. The van der Waals surface area contributed by atoms with Crippen LogP contribution in [0.3, 0.4) is 0 Å². The summed E-state index contributed by atoms with van der Waals surface area (Å²) >= 11 is 0. The number of benzene rings is 2. The lowest BCUT2D eigenvalue weighted by molar-refractivity contribution is -0.136. The van der Waals surface area contributed by atoms with Gasteiger partial charge < -0.3 is 10.0 Å². The van der Waals surface area contributed by atoms with Crippen molar-refractivity contribution in [3.05, 3.63) is 59.8 Å². The van der Waals surface area contributed by atoms with Crippen LogP contribution >= 0.6 is 0 Å². The zero-order valence-electron chi connectivity index (χ0n) is 14.8. The number of carboxylic acid groups (broad SMARTS) is 1. The van der Waals surface area contributed by atoms with E-state index in [1.807, 2.05) is 38.4 Å². The molecule has 2 aromatic carbocycles. The summed E-state index contributed by atoms with van der Waals surface area (Å²) in [5.74, 6) is -0.820. The molecule has 0 aliphatic heterocycles. The maximum Gasteiger partial charge on any atom is 0.307 e. The lowest BCUT2D eigenvalue weighted by Crippen LogP contribution is -2.08. The van der Waals surface area contributed by atoms with Crippen LogP contribution in [0.4, 0.5) is 5.69 Å². The molecule has 4 heteroatoms. The van der Waals surface area contributed by atoms with Gasteiger partial charge >= 0.3 is 5.97 Å². The monoisotopic (exact) mass is 334 g/mol. The van der Waals surface area contributed by atoms with Crippen molar-refractivity contribution in [3.8, 4) is 11.3 Å². The van der Waals surface area contributed by atoms with Crippen molar-refractivity contribution < 1.29 is 9.90 Å². The first-order chi connectivity index (χ1) is 12.0. The van der Waals surface area contributed by atoms with E-state index >= 15 is 0 Å². The standard InChI is InChI=1S/C21H22N2O2/c1-4-16-13-19-15(12-20(24)25)6-5-7-18(19)21(22-16)14-8-10-17(11-9-14)23(2)3/h5-11,13H,4,12H2,1-3H3,(H,24,25). The fourth-order valence-electron chi connectivity index (χ4n) is 3.03. The Balaban J connectivity index is 2.21. The zero-order valence-corrected chi connectivity index (χ0v) is 14.8. The highest BCUT2D eigenvalue weighted by Gasteiger charge is 2.12. The fourth-order valence-corrected chi connectivity index (χ4v) is 3.03. The van der Waals surface area contributed by atoms with Gasteiger partial charge in [-0.1, -0.05) is 37.3 Å². The molecular formula is C21H22N2O2. The van der Waals surface area contributed by atoms with E-state index < -0.39 is 5.97 Å². The first-order valence-electron chi connectivity index (χ1n) is 8.40. The van der Waals surface area contributed by atoms with Crippen LogP contribution in [-0.4, -0.2) is 30.2 Å². The largest absolute Gasteiger partial charge is 0.481 e. The van der Waals surface area contributed by atoms with Gasteiger partial charge in [0.05, 0.1) is 12.1 Å². The number of rotatable bonds is 5. The van der Waals surface area contributed by atoms with E-state index in [4.69, 9.17) is 4.98 Å². The fraction of sp³-hybridized carbons (Fsp3) is 0.238. The zero-order chi connectivity index (χ0) is 18.0. The van der Waals surface area contributed by atoms with Crippen LogP contribution in [-0.2, 0) is 17.6 Å². The van der Waals surface area contributed by atoms with Gasteiger partial charge in [-0.2, -0.15) is 0 Å². The summed E-state index contributed by atoms with van der Waals surface area (Å²) in [5, 5.41) is 11.2. The van der Waals surface area contributed by atoms with Gasteiger partial charge in [0.2, 0.25) is 0 Å². The van der Waals surface area contributed by atoms with Crippen LogP contribution in [0.15, 0.2) is 48.5 Å². The van der Waals surface area contributed by atoms with Crippen LogP contribution in [0, 0.1) is 0 Å². The van der Waals surface area contributed by atoms with Gasteiger partial charge in [-0.15, -0.1) is 0 Å². The number of fused-ring (bicyclic) bond motifs is 1. The molecule has 0 saturated carbocycles. The Hall–Kier alpha value is -2.88. The molecule has 0 unspecified atom stereocenters. The van der Waals surface area contributed by atoms with Crippen molar-refractivity contribution >= 4 is 22.4 Å². The van der Waals surface area contributed by atoms with Gasteiger partial charge in [0.1, 0.15) is 0 Å². The Morgan fingerprint density at radius 2 is 1.80 bits per heavy atom. The third kappa shape index (κ3) is 3.48. The molecule has 128 valence electrons. The third-order valence-electron chi connectivity index (χ3n) is 4.38. The third-order valence-corrected chi connectivity index (χ3v) is 4.38. The number of carboxylic acids is 1. The second-order valence-corrected chi connectivity index (χ2v) is 6.34. The summed E-state index contributed by atoms with van der Waals surface area (Å²) in [6, 6.07) is 16.1. The molecule has 0 bridgehead atoms. The van der Waals surface area contributed by atoms with Crippen molar-refractivity contribution in [2.45, 2.75) is 19.8 Å². The quantitative estimate of drug-likeness (QED) is 0.761. The van der Waals surface area contributed by atoms with E-state index in [2.05, 4.69) is 36.1 Å². The highest BCUT2D eigenvalue weighted by molar-refractivity contribution is 5.98. The number of hydrogen-bond donors (Lipinski definition) is 1.